The number of hydrogen-bond acceptors (Lipinski definition) is 8. The molecular formula is C55H49Br2ClF3N7O5. The van der Waals surface area contributed by atoms with Gasteiger partial charge < -0.3 is 26.8 Å². The Hall–Kier alpha value is -6.95. The van der Waals surface area contributed by atoms with Crippen LogP contribution in [0.4, 0.5) is 35.9 Å². The molecule has 73 heavy (non-hydrogen) atoms. The highest BCUT2D eigenvalue weighted by atomic mass is 79.9. The normalized spacial score (nSPS) is 15.2. The van der Waals surface area contributed by atoms with Crippen molar-refractivity contribution >= 4 is 89.9 Å². The second-order valence-corrected chi connectivity index (χ2v) is 20.0. The fraction of sp³-hybridized carbons (Fsp3) is 0.218. The van der Waals surface area contributed by atoms with Crippen LogP contribution >= 0.6 is 43.5 Å². The van der Waals surface area contributed by atoms with Crippen LogP contribution in [0.2, 0.25) is 5.02 Å². The van der Waals surface area contributed by atoms with Crippen molar-refractivity contribution in [2.24, 2.45) is 0 Å². The van der Waals surface area contributed by atoms with Crippen LogP contribution < -0.4 is 21.7 Å². The molecule has 376 valence electrons. The summed E-state index contributed by atoms with van der Waals surface area (Å²) in [4.78, 5) is 62.1. The Morgan fingerprint density at radius 3 is 1.26 bits per heavy atom. The molecule has 0 atom stereocenters. The van der Waals surface area contributed by atoms with E-state index in [1.54, 1.807) is 73.2 Å². The molecule has 3 fully saturated rings. The molecule has 0 unspecified atom stereocenters. The highest BCUT2D eigenvalue weighted by Gasteiger charge is 2.49. The molecule has 3 amide bonds. The Bertz CT molecular complexity index is 3000. The van der Waals surface area contributed by atoms with Crippen molar-refractivity contribution in [3.05, 3.63) is 206 Å². The molecule has 0 spiro atoms. The van der Waals surface area contributed by atoms with Gasteiger partial charge in [-0.1, -0.05) is 36.9 Å². The van der Waals surface area contributed by atoms with Gasteiger partial charge in [-0.15, -0.1) is 0 Å². The van der Waals surface area contributed by atoms with Gasteiger partial charge in [0.2, 0.25) is 11.8 Å². The predicted molar refractivity (Wildman–Crippen MR) is 283 cm³/mol. The molecule has 3 aliphatic rings. The monoisotopic (exact) mass is 1140 g/mol. The molecule has 3 aliphatic carbocycles. The Morgan fingerprint density at radius 2 is 0.918 bits per heavy atom. The van der Waals surface area contributed by atoms with Crippen molar-refractivity contribution in [1.29, 1.82) is 0 Å². The second-order valence-electron chi connectivity index (χ2n) is 17.7. The summed E-state index contributed by atoms with van der Waals surface area (Å²) in [6.07, 6.45) is 12.2. The number of rotatable bonds is 10. The number of carboxylic acids is 1. The van der Waals surface area contributed by atoms with E-state index in [9.17, 15) is 32.3 Å². The summed E-state index contributed by atoms with van der Waals surface area (Å²) in [5.74, 6) is -2.21. The molecule has 3 saturated carbocycles. The molecule has 3 aromatic heterocycles. The molecular weight excluding hydrogens is 1090 g/mol. The first-order valence-electron chi connectivity index (χ1n) is 23.2. The topological polar surface area (TPSA) is 189 Å². The number of halogens is 6. The number of nitrogen functional groups attached to an aromatic ring is 1. The molecule has 0 radical (unpaired) electrons. The van der Waals surface area contributed by atoms with Gasteiger partial charge in [-0.05, 0) is 198 Å². The lowest BCUT2D eigenvalue weighted by Crippen LogP contribution is -2.46. The summed E-state index contributed by atoms with van der Waals surface area (Å²) in [7, 11) is 0. The van der Waals surface area contributed by atoms with Crippen LogP contribution in [-0.4, -0.2) is 43.7 Å². The molecule has 6 N–H and O–H groups in total. The number of nitrogens with two attached hydrogens (primary N) is 1. The highest BCUT2D eigenvalue weighted by molar-refractivity contribution is 9.10. The van der Waals surface area contributed by atoms with Crippen LogP contribution in [0.3, 0.4) is 0 Å². The maximum atomic E-state index is 13.1. The lowest BCUT2D eigenvalue weighted by molar-refractivity contribution is -0.147. The van der Waals surface area contributed by atoms with Crippen LogP contribution in [0, 0.1) is 17.5 Å². The lowest BCUT2D eigenvalue weighted by atomic mass is 9.65. The number of carbonyl (C=O) groups excluding carboxylic acids is 3. The van der Waals surface area contributed by atoms with E-state index in [1.165, 1.54) is 60.7 Å². The smallest absolute Gasteiger partial charge is 0.315 e. The minimum Gasteiger partial charge on any atom is -0.481 e. The van der Waals surface area contributed by atoms with E-state index in [0.29, 0.717) is 70.4 Å². The quantitative estimate of drug-likeness (QED) is 0.0830. The fourth-order valence-electron chi connectivity index (χ4n) is 8.30. The van der Waals surface area contributed by atoms with E-state index < -0.39 is 22.2 Å². The average Bonchev–Trinajstić information content (AvgIpc) is 3.33. The van der Waals surface area contributed by atoms with Crippen molar-refractivity contribution in [2.75, 3.05) is 21.7 Å². The first kappa shape index (κ1) is 53.8. The summed E-state index contributed by atoms with van der Waals surface area (Å²) in [6.45, 7) is 0. The lowest BCUT2D eigenvalue weighted by Gasteiger charge is -2.39. The minimum absolute atomic E-state index is 0.0739. The number of benzene rings is 4. The third-order valence-electron chi connectivity index (χ3n) is 13.0. The number of aromatic nitrogens is 3. The first-order valence-corrected chi connectivity index (χ1v) is 25.1. The number of amides is 3. The van der Waals surface area contributed by atoms with Crippen LogP contribution in [0.5, 0.6) is 0 Å². The Kier molecular flexibility index (Phi) is 17.8. The molecule has 12 nitrogen and oxygen atoms in total. The Labute approximate surface area is 441 Å². The van der Waals surface area contributed by atoms with Crippen LogP contribution in [0.15, 0.2) is 161 Å². The van der Waals surface area contributed by atoms with Gasteiger partial charge in [0.15, 0.2) is 0 Å². The van der Waals surface area contributed by atoms with Crippen LogP contribution in [0.25, 0.3) is 0 Å². The van der Waals surface area contributed by atoms with Gasteiger partial charge in [0.25, 0.3) is 5.91 Å². The number of nitrogens with zero attached hydrogens (tertiary/aromatic N) is 3. The zero-order valence-corrected chi connectivity index (χ0v) is 43.0. The van der Waals surface area contributed by atoms with E-state index in [4.69, 9.17) is 22.4 Å². The number of nitrogens with one attached hydrogen (secondary N) is 3. The molecule has 0 bridgehead atoms. The van der Waals surface area contributed by atoms with E-state index in [-0.39, 0.29) is 35.2 Å². The molecule has 10 rings (SSSR count). The van der Waals surface area contributed by atoms with E-state index in [2.05, 4.69) is 62.8 Å². The predicted octanol–water partition coefficient (Wildman–Crippen LogP) is 13.0. The summed E-state index contributed by atoms with van der Waals surface area (Å²) in [6, 6.07) is 34.7. The molecule has 0 aliphatic heterocycles. The van der Waals surface area contributed by atoms with Crippen molar-refractivity contribution in [1.82, 2.24) is 15.0 Å². The molecule has 18 heteroatoms. The van der Waals surface area contributed by atoms with Gasteiger partial charge in [-0.25, -0.2) is 13.2 Å². The summed E-state index contributed by atoms with van der Waals surface area (Å²) in [5.41, 5.74) is 8.09. The summed E-state index contributed by atoms with van der Waals surface area (Å²) < 4.78 is 39.8. The number of anilines is 4. The van der Waals surface area contributed by atoms with E-state index >= 15 is 0 Å². The van der Waals surface area contributed by atoms with Gasteiger partial charge in [0, 0.05) is 49.0 Å². The maximum Gasteiger partial charge on any atom is 0.315 e. The van der Waals surface area contributed by atoms with Crippen LogP contribution in [0.1, 0.15) is 85.2 Å². The molecule has 3 heterocycles. The largest absolute Gasteiger partial charge is 0.481 e. The summed E-state index contributed by atoms with van der Waals surface area (Å²) >= 11 is 12.6. The second kappa shape index (κ2) is 24.2. The number of carbonyl (C=O) groups is 4. The summed E-state index contributed by atoms with van der Waals surface area (Å²) in [5, 5.41) is 18.1. The van der Waals surface area contributed by atoms with Crippen LogP contribution in [-0.2, 0) is 30.6 Å². The number of aliphatic carboxylic acids is 1. The Morgan fingerprint density at radius 1 is 0.521 bits per heavy atom. The van der Waals surface area contributed by atoms with Gasteiger partial charge in [-0.3, -0.25) is 34.1 Å². The number of carboxylic acid groups (broad SMARTS) is 1. The molecule has 4 aromatic carbocycles. The zero-order valence-electron chi connectivity index (χ0n) is 39.1. The van der Waals surface area contributed by atoms with Crippen molar-refractivity contribution in [3.8, 4) is 0 Å². The minimum atomic E-state index is -0.751. The van der Waals surface area contributed by atoms with Crippen molar-refractivity contribution in [2.45, 2.75) is 74.0 Å². The number of pyridine rings is 3. The van der Waals surface area contributed by atoms with Gasteiger partial charge in [-0.2, -0.15) is 0 Å². The van der Waals surface area contributed by atoms with Gasteiger partial charge >= 0.3 is 5.97 Å². The van der Waals surface area contributed by atoms with E-state index in [1.807, 2.05) is 18.2 Å². The fourth-order valence-corrected chi connectivity index (χ4v) is 8.96. The van der Waals surface area contributed by atoms with Crippen molar-refractivity contribution in [3.63, 3.8) is 0 Å². The molecule has 7 aromatic rings. The molecule has 0 saturated heterocycles. The third-order valence-corrected chi connectivity index (χ3v) is 14.2. The van der Waals surface area contributed by atoms with Gasteiger partial charge in [0.1, 0.15) is 22.9 Å². The zero-order chi connectivity index (χ0) is 52.2. The third kappa shape index (κ3) is 13.4. The Balaban J connectivity index is 0.000000157. The number of hydrogen-bond donors (Lipinski definition) is 5. The van der Waals surface area contributed by atoms with Gasteiger partial charge in [0.05, 0.1) is 39.8 Å². The standard InChI is InChI=1S/C23H19ClFN3O2.C16H14BrFN2O.C10H10BrNO2.C6H6FN/c24-16-4-1-3-15(13-16)21(29)27-19-9-10-20(26-14-19)23(11-2-12-23)22(30)28-18-7-5-17(25)6-8-18;17-11-2-7-14(19-10-11)16(8-1-9-16)15(21)20-13-5-3-12(18)4-6-13;11-7-2-3-8(12-6-7)10(9(13)14)4-1-5-10;7-5-1-3-6(8)4-2-5/h1,3-10,13-14H,2,11-12H2,(H,27,29)(H,28,30);2-7,10H,1,8-9H2,(H,20,21);2-3,6H,1,4-5H2,(H,13,14);1-4H,8H2. The SMILES string of the molecule is Nc1ccc(F)cc1.O=C(Nc1ccc(C2(C(=O)Nc3ccc(F)cc3)CCC2)nc1)c1cccc(Cl)c1.O=C(Nc1ccc(F)cc1)C1(c2ccc(Br)cn2)CCC1.O=C(O)C1(c2ccc(Br)cn2)CCC1. The highest BCUT2D eigenvalue weighted by Crippen LogP contribution is 2.46. The van der Waals surface area contributed by atoms with E-state index in [0.717, 1.165) is 46.7 Å². The average molecular weight is 1140 g/mol. The van der Waals surface area contributed by atoms with Crippen molar-refractivity contribution < 1.29 is 37.5 Å². The maximum absolute atomic E-state index is 13.1. The first-order chi connectivity index (χ1) is 35.0.